The zero-order chi connectivity index (χ0) is 16.0. The zero-order valence-electron chi connectivity index (χ0n) is 11.0. The lowest BCUT2D eigenvalue weighted by Gasteiger charge is -2.11. The number of nitro groups is 1. The smallest absolute Gasteiger partial charge is 0.334 e. The first-order valence-electron chi connectivity index (χ1n) is 5.80. The second-order valence-corrected chi connectivity index (χ2v) is 4.93. The molecule has 0 spiro atoms. The Morgan fingerprint density at radius 2 is 2.19 bits per heavy atom. The summed E-state index contributed by atoms with van der Waals surface area (Å²) in [5, 5.41) is 21.8. The van der Waals surface area contributed by atoms with Gasteiger partial charge in [-0.25, -0.2) is 4.79 Å². The molecule has 0 heterocycles. The van der Waals surface area contributed by atoms with Gasteiger partial charge in [0.25, 0.3) is 5.69 Å². The number of halogens is 1. The molecule has 0 aliphatic heterocycles. The minimum atomic E-state index is -1.17. The predicted octanol–water partition coefficient (Wildman–Crippen LogP) is 1.12. The highest BCUT2D eigenvalue weighted by Crippen LogP contribution is 2.23. The molecule has 0 fully saturated rings. The average molecular weight is 361 g/mol. The summed E-state index contributed by atoms with van der Waals surface area (Å²) in [4.78, 5) is 32.5. The molecule has 1 aromatic carbocycles. The molecular formula is C12H13BrN2O6. The number of nitrogens with zero attached hydrogens (tertiary/aromatic N) is 1. The molecule has 0 radical (unpaired) electrons. The SMILES string of the molecule is COC(CNC(=O)Cc1ccc([N+](=O)[O-])cc1Br)C(=O)O. The summed E-state index contributed by atoms with van der Waals surface area (Å²) in [5.41, 5.74) is 0.471. The van der Waals surface area contributed by atoms with E-state index < -0.39 is 22.9 Å². The van der Waals surface area contributed by atoms with Crippen LogP contribution in [0.2, 0.25) is 0 Å². The van der Waals surface area contributed by atoms with Gasteiger partial charge in [-0.05, 0) is 5.56 Å². The van der Waals surface area contributed by atoms with E-state index in [4.69, 9.17) is 5.11 Å². The Morgan fingerprint density at radius 3 is 2.67 bits per heavy atom. The third-order valence-corrected chi connectivity index (χ3v) is 3.38. The Morgan fingerprint density at radius 1 is 1.52 bits per heavy atom. The maximum atomic E-state index is 11.7. The monoisotopic (exact) mass is 360 g/mol. The van der Waals surface area contributed by atoms with Gasteiger partial charge in [-0.15, -0.1) is 0 Å². The number of carbonyl (C=O) groups is 2. The van der Waals surface area contributed by atoms with Crippen molar-refractivity contribution in [1.82, 2.24) is 5.32 Å². The number of rotatable bonds is 7. The topological polar surface area (TPSA) is 119 Å². The number of ether oxygens (including phenoxy) is 1. The Kier molecular flexibility index (Phi) is 6.25. The van der Waals surface area contributed by atoms with Gasteiger partial charge in [-0.1, -0.05) is 22.0 Å². The molecule has 0 aliphatic rings. The number of carboxylic acids is 1. The van der Waals surface area contributed by atoms with Crippen molar-refractivity contribution in [2.24, 2.45) is 0 Å². The Balaban J connectivity index is 2.63. The van der Waals surface area contributed by atoms with Crippen LogP contribution in [0.5, 0.6) is 0 Å². The van der Waals surface area contributed by atoms with Gasteiger partial charge >= 0.3 is 5.97 Å². The summed E-state index contributed by atoms with van der Waals surface area (Å²) in [6.07, 6.45) is -1.15. The number of amides is 1. The standard InChI is InChI=1S/C12H13BrN2O6/c1-21-10(12(17)18)6-14-11(16)4-7-2-3-8(15(19)20)5-9(7)13/h2-3,5,10H,4,6H2,1H3,(H,14,16)(H,17,18). The number of benzene rings is 1. The van der Waals surface area contributed by atoms with Crippen molar-refractivity contribution < 1.29 is 24.4 Å². The van der Waals surface area contributed by atoms with Gasteiger partial charge in [-0.3, -0.25) is 14.9 Å². The molecule has 0 bridgehead atoms. The lowest BCUT2D eigenvalue weighted by atomic mass is 10.1. The van der Waals surface area contributed by atoms with Crippen LogP contribution in [0.1, 0.15) is 5.56 Å². The summed E-state index contributed by atoms with van der Waals surface area (Å²) in [7, 11) is 1.23. The fourth-order valence-electron chi connectivity index (χ4n) is 1.51. The van der Waals surface area contributed by atoms with Crippen molar-refractivity contribution in [2.75, 3.05) is 13.7 Å². The minimum absolute atomic E-state index is 0.0331. The molecule has 1 rings (SSSR count). The fraction of sp³-hybridized carbons (Fsp3) is 0.333. The van der Waals surface area contributed by atoms with Crippen molar-refractivity contribution in [3.63, 3.8) is 0 Å². The molecule has 0 saturated carbocycles. The Labute approximate surface area is 128 Å². The first-order valence-corrected chi connectivity index (χ1v) is 6.59. The van der Waals surface area contributed by atoms with E-state index in [2.05, 4.69) is 26.0 Å². The molecule has 0 saturated heterocycles. The normalized spacial score (nSPS) is 11.7. The largest absolute Gasteiger partial charge is 0.479 e. The summed E-state index contributed by atoms with van der Waals surface area (Å²) in [6, 6.07) is 4.06. The predicted molar refractivity (Wildman–Crippen MR) is 75.9 cm³/mol. The minimum Gasteiger partial charge on any atom is -0.479 e. The van der Waals surface area contributed by atoms with E-state index in [-0.39, 0.29) is 18.7 Å². The van der Waals surface area contributed by atoms with E-state index >= 15 is 0 Å². The van der Waals surface area contributed by atoms with E-state index in [0.717, 1.165) is 0 Å². The number of carbonyl (C=O) groups excluding carboxylic acids is 1. The van der Waals surface area contributed by atoms with Gasteiger partial charge in [-0.2, -0.15) is 0 Å². The first kappa shape index (κ1) is 17.1. The van der Waals surface area contributed by atoms with Crippen molar-refractivity contribution >= 4 is 33.5 Å². The highest BCUT2D eigenvalue weighted by molar-refractivity contribution is 9.10. The number of nitrogens with one attached hydrogen (secondary N) is 1. The molecule has 0 aromatic heterocycles. The number of methoxy groups -OCH3 is 1. The number of hydrogen-bond donors (Lipinski definition) is 2. The quantitative estimate of drug-likeness (QED) is 0.555. The van der Waals surface area contributed by atoms with E-state index in [1.54, 1.807) is 0 Å². The van der Waals surface area contributed by atoms with Crippen molar-refractivity contribution in [3.05, 3.63) is 38.3 Å². The molecular weight excluding hydrogens is 348 g/mol. The van der Waals surface area contributed by atoms with Crippen LogP contribution in [0, 0.1) is 10.1 Å². The molecule has 1 unspecified atom stereocenters. The number of non-ortho nitro benzene ring substituents is 1. The third-order valence-electron chi connectivity index (χ3n) is 2.64. The van der Waals surface area contributed by atoms with Crippen LogP contribution in [-0.4, -0.2) is 41.7 Å². The summed E-state index contributed by atoms with van der Waals surface area (Å²) in [6.45, 7) is -0.157. The van der Waals surface area contributed by atoms with Crippen LogP contribution in [-0.2, 0) is 20.7 Å². The van der Waals surface area contributed by atoms with E-state index in [1.165, 1.54) is 25.3 Å². The van der Waals surface area contributed by atoms with Crippen LogP contribution in [0.15, 0.2) is 22.7 Å². The van der Waals surface area contributed by atoms with Crippen molar-refractivity contribution in [3.8, 4) is 0 Å². The number of aliphatic carboxylic acids is 1. The maximum absolute atomic E-state index is 11.7. The van der Waals surface area contributed by atoms with Crippen LogP contribution in [0.25, 0.3) is 0 Å². The molecule has 1 atom stereocenters. The van der Waals surface area contributed by atoms with E-state index in [0.29, 0.717) is 10.0 Å². The lowest BCUT2D eigenvalue weighted by molar-refractivity contribution is -0.384. The van der Waals surface area contributed by atoms with Gasteiger partial charge in [0.05, 0.1) is 17.9 Å². The van der Waals surface area contributed by atoms with Crippen LogP contribution in [0.4, 0.5) is 5.69 Å². The molecule has 1 amide bonds. The molecule has 0 aliphatic carbocycles. The van der Waals surface area contributed by atoms with Crippen molar-refractivity contribution in [1.29, 1.82) is 0 Å². The Hall–Kier alpha value is -2.00. The van der Waals surface area contributed by atoms with Gasteiger partial charge in [0.2, 0.25) is 5.91 Å². The van der Waals surface area contributed by atoms with Crippen LogP contribution < -0.4 is 5.32 Å². The van der Waals surface area contributed by atoms with Gasteiger partial charge < -0.3 is 15.2 Å². The van der Waals surface area contributed by atoms with E-state index in [1.807, 2.05) is 0 Å². The highest BCUT2D eigenvalue weighted by atomic mass is 79.9. The molecule has 114 valence electrons. The number of nitro benzene ring substituents is 1. The fourth-order valence-corrected chi connectivity index (χ4v) is 2.01. The molecule has 1 aromatic rings. The molecule has 9 heteroatoms. The average Bonchev–Trinajstić information content (AvgIpc) is 2.41. The van der Waals surface area contributed by atoms with Crippen LogP contribution in [0.3, 0.4) is 0 Å². The third kappa shape index (κ3) is 5.12. The summed E-state index contributed by atoms with van der Waals surface area (Å²) >= 11 is 3.16. The second-order valence-electron chi connectivity index (χ2n) is 4.08. The lowest BCUT2D eigenvalue weighted by Crippen LogP contribution is -2.38. The molecule has 21 heavy (non-hydrogen) atoms. The Bertz CT molecular complexity index is 563. The number of hydrogen-bond acceptors (Lipinski definition) is 5. The first-order chi connectivity index (χ1) is 9.85. The van der Waals surface area contributed by atoms with E-state index in [9.17, 15) is 19.7 Å². The number of carboxylic acid groups (broad SMARTS) is 1. The zero-order valence-corrected chi connectivity index (χ0v) is 12.6. The van der Waals surface area contributed by atoms with Crippen LogP contribution >= 0.6 is 15.9 Å². The summed E-state index contributed by atoms with van der Waals surface area (Å²) < 4.78 is 5.12. The van der Waals surface area contributed by atoms with Gasteiger partial charge in [0.1, 0.15) is 0 Å². The second kappa shape index (κ2) is 7.70. The maximum Gasteiger partial charge on any atom is 0.334 e. The van der Waals surface area contributed by atoms with Gasteiger partial charge in [0, 0.05) is 23.7 Å². The summed E-state index contributed by atoms with van der Waals surface area (Å²) in [5.74, 6) is -1.58. The van der Waals surface area contributed by atoms with Gasteiger partial charge in [0.15, 0.2) is 6.10 Å². The highest BCUT2D eigenvalue weighted by Gasteiger charge is 2.18. The van der Waals surface area contributed by atoms with Crippen molar-refractivity contribution in [2.45, 2.75) is 12.5 Å². The molecule has 8 nitrogen and oxygen atoms in total. The molecule has 2 N–H and O–H groups in total.